The summed E-state index contributed by atoms with van der Waals surface area (Å²) in [6.45, 7) is 16.2. The Morgan fingerprint density at radius 1 is 0.857 bits per heavy atom. The van der Waals surface area contributed by atoms with E-state index in [4.69, 9.17) is 19.3 Å². The van der Waals surface area contributed by atoms with Gasteiger partial charge in [-0.15, -0.1) is 0 Å². The molecule has 2 saturated heterocycles. The van der Waals surface area contributed by atoms with Gasteiger partial charge in [0.05, 0.1) is 43.0 Å². The Morgan fingerprint density at radius 2 is 1.39 bits per heavy atom. The van der Waals surface area contributed by atoms with Crippen LogP contribution < -0.4 is 0 Å². The summed E-state index contributed by atoms with van der Waals surface area (Å²) in [5, 5.41) is 52.5. The third kappa shape index (κ3) is 12.4. The Labute approximate surface area is 294 Å². The van der Waals surface area contributed by atoms with Crippen molar-refractivity contribution in [3.8, 4) is 0 Å². The van der Waals surface area contributed by atoms with Crippen LogP contribution >= 0.6 is 0 Å². The van der Waals surface area contributed by atoms with Crippen LogP contribution in [0.25, 0.3) is 0 Å². The van der Waals surface area contributed by atoms with Crippen molar-refractivity contribution in [2.24, 2.45) is 35.5 Å². The Morgan fingerprint density at radius 3 is 1.94 bits per heavy atom. The molecule has 1 spiro atoms. The molecule has 2 fully saturated rings. The molecular formula is C40H64O9. The highest BCUT2D eigenvalue weighted by Gasteiger charge is 2.57. The van der Waals surface area contributed by atoms with E-state index in [1.165, 1.54) is 11.6 Å². The van der Waals surface area contributed by atoms with E-state index in [-0.39, 0.29) is 54.1 Å². The minimum absolute atomic E-state index is 0.0240. The van der Waals surface area contributed by atoms with Crippen molar-refractivity contribution in [3.05, 3.63) is 72.4 Å². The number of methoxy groups -OCH3 is 1. The Kier molecular flexibility index (Phi) is 17.9. The van der Waals surface area contributed by atoms with Crippen LogP contribution in [0.4, 0.5) is 0 Å². The van der Waals surface area contributed by atoms with Crippen molar-refractivity contribution >= 4 is 5.97 Å². The molecule has 14 atom stereocenters. The fourth-order valence-corrected chi connectivity index (χ4v) is 7.26. The molecule has 2 aliphatic rings. The average molecular weight is 689 g/mol. The van der Waals surface area contributed by atoms with Gasteiger partial charge in [-0.3, -0.25) is 4.79 Å². The zero-order valence-electron chi connectivity index (χ0n) is 31.1. The summed E-state index contributed by atoms with van der Waals surface area (Å²) in [6.07, 6.45) is 16.8. The Balaban J connectivity index is 2.10. The third-order valence-electron chi connectivity index (χ3n) is 10.5. The monoisotopic (exact) mass is 688 g/mol. The molecule has 2 heterocycles. The number of aliphatic carboxylic acids is 1. The highest BCUT2D eigenvalue weighted by Crippen LogP contribution is 2.47. The van der Waals surface area contributed by atoms with Gasteiger partial charge in [0.15, 0.2) is 5.79 Å². The highest BCUT2D eigenvalue weighted by molar-refractivity contribution is 5.67. The molecule has 0 aromatic heterocycles. The molecule has 0 amide bonds. The molecule has 9 nitrogen and oxygen atoms in total. The second-order valence-corrected chi connectivity index (χ2v) is 14.5. The molecule has 278 valence electrons. The zero-order chi connectivity index (χ0) is 36.9. The van der Waals surface area contributed by atoms with Crippen molar-refractivity contribution in [1.82, 2.24) is 0 Å². The van der Waals surface area contributed by atoms with Crippen LogP contribution in [-0.4, -0.2) is 87.1 Å². The number of hydrogen-bond acceptors (Lipinski definition) is 8. The molecule has 0 aromatic carbocycles. The van der Waals surface area contributed by atoms with Gasteiger partial charge in [0.25, 0.3) is 0 Å². The number of allylic oxidation sites excluding steroid dienone is 10. The molecule has 0 unspecified atom stereocenters. The maximum atomic E-state index is 11.5. The average Bonchev–Trinajstić information content (AvgIpc) is 3.06. The number of ether oxygens (including phenoxy) is 3. The van der Waals surface area contributed by atoms with Gasteiger partial charge in [0, 0.05) is 37.2 Å². The molecule has 0 saturated carbocycles. The van der Waals surface area contributed by atoms with E-state index >= 15 is 0 Å². The number of hydrogen-bond donors (Lipinski definition) is 5. The first kappa shape index (κ1) is 42.8. The zero-order valence-corrected chi connectivity index (χ0v) is 31.1. The van der Waals surface area contributed by atoms with Crippen molar-refractivity contribution in [2.75, 3.05) is 7.11 Å². The molecule has 2 aliphatic heterocycles. The maximum Gasteiger partial charge on any atom is 0.306 e. The lowest BCUT2D eigenvalue weighted by atomic mass is 9.74. The largest absolute Gasteiger partial charge is 0.481 e. The Hall–Kier alpha value is -2.37. The first-order valence-electron chi connectivity index (χ1n) is 17.9. The van der Waals surface area contributed by atoms with Gasteiger partial charge in [0.1, 0.15) is 6.10 Å². The van der Waals surface area contributed by atoms with Gasteiger partial charge in [-0.25, -0.2) is 0 Å². The summed E-state index contributed by atoms with van der Waals surface area (Å²) in [4.78, 5) is 10.6. The minimum Gasteiger partial charge on any atom is -0.481 e. The molecule has 0 bridgehead atoms. The topological polar surface area (TPSA) is 146 Å². The molecule has 0 radical (unpaired) electrons. The minimum atomic E-state index is -1.31. The van der Waals surface area contributed by atoms with Crippen molar-refractivity contribution in [1.29, 1.82) is 0 Å². The second-order valence-electron chi connectivity index (χ2n) is 14.5. The lowest BCUT2D eigenvalue weighted by Gasteiger charge is -2.56. The van der Waals surface area contributed by atoms with E-state index in [0.717, 1.165) is 6.42 Å². The van der Waals surface area contributed by atoms with Crippen molar-refractivity contribution in [3.63, 3.8) is 0 Å². The summed E-state index contributed by atoms with van der Waals surface area (Å²) in [5.41, 5.74) is 1.22. The number of carboxylic acids is 1. The van der Waals surface area contributed by atoms with E-state index in [0.29, 0.717) is 12.8 Å². The van der Waals surface area contributed by atoms with Crippen molar-refractivity contribution in [2.45, 2.75) is 130 Å². The summed E-state index contributed by atoms with van der Waals surface area (Å²) in [5.74, 6) is -3.05. The van der Waals surface area contributed by atoms with Crippen LogP contribution in [0.5, 0.6) is 0 Å². The summed E-state index contributed by atoms with van der Waals surface area (Å²) in [7, 11) is 1.67. The van der Waals surface area contributed by atoms with E-state index in [9.17, 15) is 25.2 Å². The van der Waals surface area contributed by atoms with Crippen molar-refractivity contribution < 1.29 is 44.5 Å². The lowest BCUT2D eigenvalue weighted by Crippen LogP contribution is -2.65. The molecule has 49 heavy (non-hydrogen) atoms. The smallest absolute Gasteiger partial charge is 0.306 e. The SMILES string of the molecule is C/C=C(\C)C[C@H](C)[C@H](O)[C@@H](C)[C@H]1O[C@@]2(C[C@@H](OC)[C@H]1C)O[C@H]([C@@H](C)[C@@H](O)[C@@H](C)\C=C/C=C/C=C/C=C/C=C/[C@@H](O)CC(=O)O)[C@@H](C)C[C@@H]2O. The maximum absolute atomic E-state index is 11.5. The molecule has 0 aliphatic carbocycles. The number of carboxylic acid groups (broad SMARTS) is 1. The van der Waals surface area contributed by atoms with Gasteiger partial charge in [-0.05, 0) is 38.5 Å². The number of aliphatic hydroxyl groups excluding tert-OH is 4. The quantitative estimate of drug-likeness (QED) is 0.0898. The standard InChI is InChI=1S/C40H64O9/c1-10-25(2)21-27(4)37(46)31(8)39-29(6)33(47-9)24-40(49-39)34(42)22-28(5)38(48-40)30(7)36(45)26(3)19-17-15-13-11-12-14-16-18-20-32(41)23-35(43)44/h10-20,26-34,36-39,41-42,45-46H,21-24H2,1-9H3,(H,43,44)/b12-11+,15-13+,16-14+,19-17-,20-18+,25-10+/t26-,27-,28-,29+,30-,31+,32+,33+,34-,36-,37-,38-,39-,40+/m0/s1. The van der Waals surface area contributed by atoms with E-state index in [1.54, 1.807) is 25.3 Å². The first-order valence-corrected chi connectivity index (χ1v) is 17.9. The predicted octanol–water partition coefficient (Wildman–Crippen LogP) is 6.15. The number of aliphatic hydroxyl groups is 4. The van der Waals surface area contributed by atoms with E-state index < -0.39 is 42.3 Å². The highest BCUT2D eigenvalue weighted by atomic mass is 16.7. The Bertz CT molecular complexity index is 1190. The van der Waals surface area contributed by atoms with Gasteiger partial charge >= 0.3 is 5.97 Å². The molecular weight excluding hydrogens is 624 g/mol. The van der Waals surface area contributed by atoms with Gasteiger partial charge in [0.2, 0.25) is 0 Å². The van der Waals surface area contributed by atoms with E-state index in [1.807, 2.05) is 71.1 Å². The van der Waals surface area contributed by atoms with Crippen LogP contribution in [-0.2, 0) is 19.0 Å². The van der Waals surface area contributed by atoms with Gasteiger partial charge < -0.3 is 39.7 Å². The first-order chi connectivity index (χ1) is 23.1. The number of rotatable bonds is 17. The summed E-state index contributed by atoms with van der Waals surface area (Å²) >= 11 is 0. The fourth-order valence-electron chi connectivity index (χ4n) is 7.26. The van der Waals surface area contributed by atoms with Crippen LogP contribution in [0, 0.1) is 35.5 Å². The van der Waals surface area contributed by atoms with Gasteiger partial charge in [-0.2, -0.15) is 0 Å². The van der Waals surface area contributed by atoms with Gasteiger partial charge in [-0.1, -0.05) is 114 Å². The van der Waals surface area contributed by atoms with E-state index in [2.05, 4.69) is 26.8 Å². The molecule has 0 aromatic rings. The normalized spacial score (nSPS) is 33.1. The lowest BCUT2D eigenvalue weighted by molar-refractivity contribution is -0.391. The third-order valence-corrected chi connectivity index (χ3v) is 10.5. The molecule has 9 heteroatoms. The number of carbonyl (C=O) groups is 1. The summed E-state index contributed by atoms with van der Waals surface area (Å²) < 4.78 is 19.5. The van der Waals surface area contributed by atoms with Crippen LogP contribution in [0.3, 0.4) is 0 Å². The van der Waals surface area contributed by atoms with Crippen LogP contribution in [0.1, 0.15) is 81.1 Å². The second kappa shape index (κ2) is 20.5. The van der Waals surface area contributed by atoms with Crippen LogP contribution in [0.2, 0.25) is 0 Å². The van der Waals surface area contributed by atoms with Crippen LogP contribution in [0.15, 0.2) is 72.4 Å². The fraction of sp³-hybridized carbons (Fsp3) is 0.675. The summed E-state index contributed by atoms with van der Waals surface area (Å²) in [6, 6.07) is 0. The molecule has 2 rings (SSSR count). The predicted molar refractivity (Wildman–Crippen MR) is 194 cm³/mol. The molecule has 5 N–H and O–H groups in total.